The molecule has 0 aliphatic carbocycles. The van der Waals surface area contributed by atoms with Crippen molar-refractivity contribution in [2.24, 2.45) is 0 Å². The molecule has 9 heavy (non-hydrogen) atoms. The predicted octanol–water partition coefficient (Wildman–Crippen LogP) is -5.13. The van der Waals surface area contributed by atoms with Crippen LogP contribution < -0.4 is 29.0 Å². The van der Waals surface area contributed by atoms with Gasteiger partial charge in [0.25, 0.3) is 5.91 Å². The molecule has 0 spiro atoms. The van der Waals surface area contributed by atoms with E-state index in [2.05, 4.69) is 16.6 Å². The highest BCUT2D eigenvalue weighted by Gasteiger charge is 2.07. The Balaban J connectivity index is 0. The van der Waals surface area contributed by atoms with Crippen molar-refractivity contribution in [3.63, 3.8) is 0 Å². The third kappa shape index (κ3) is 5.55. The molecule has 5 heteroatoms. The summed E-state index contributed by atoms with van der Waals surface area (Å²) in [6, 6.07) is -0.192. The van der Waals surface area contributed by atoms with Crippen molar-refractivity contribution in [3.05, 3.63) is 0 Å². The number of amides is 1. The summed E-state index contributed by atoms with van der Waals surface area (Å²) in [6.07, 6.45) is 0. The molecule has 0 saturated carbocycles. The number of rotatable bonds is 2. The predicted molar refractivity (Wildman–Crippen MR) is 29.6 cm³/mol. The van der Waals surface area contributed by atoms with Crippen LogP contribution in [-0.4, -0.2) is 19.0 Å². The highest BCUT2D eigenvalue weighted by atomic mass is 35.5. The van der Waals surface area contributed by atoms with Gasteiger partial charge in [0.15, 0.2) is 6.04 Å². The van der Waals surface area contributed by atoms with Crippen molar-refractivity contribution in [1.82, 2.24) is 10.9 Å². The van der Waals surface area contributed by atoms with Gasteiger partial charge in [-0.25, -0.2) is 5.43 Å². The average molecular weight is 154 g/mol. The van der Waals surface area contributed by atoms with Gasteiger partial charge in [-0.3, -0.25) is 10.2 Å². The molecule has 1 atom stereocenters. The van der Waals surface area contributed by atoms with Crippen LogP contribution in [0.4, 0.5) is 0 Å². The Hall–Kier alpha value is -0.320. The van der Waals surface area contributed by atoms with Gasteiger partial charge < -0.3 is 18.1 Å². The molecule has 0 aromatic carbocycles. The zero-order chi connectivity index (χ0) is 6.57. The van der Waals surface area contributed by atoms with Gasteiger partial charge in [0, 0.05) is 7.05 Å². The minimum absolute atomic E-state index is 0. The number of nitrogens with one attached hydrogen (secondary N) is 2. The SMILES string of the molecule is CNNC(=O)[C@H](C)[NH3+].[Cl-]. The first kappa shape index (κ1) is 11.5. The van der Waals surface area contributed by atoms with E-state index in [-0.39, 0.29) is 24.4 Å². The van der Waals surface area contributed by atoms with Gasteiger partial charge in [-0.2, -0.15) is 0 Å². The second kappa shape index (κ2) is 5.81. The molecule has 0 unspecified atom stereocenters. The Morgan fingerprint density at radius 2 is 2.11 bits per heavy atom. The summed E-state index contributed by atoms with van der Waals surface area (Å²) in [4.78, 5) is 10.5. The fraction of sp³-hybridized carbons (Fsp3) is 0.750. The molecule has 0 fully saturated rings. The van der Waals surface area contributed by atoms with E-state index in [4.69, 9.17) is 0 Å². The summed E-state index contributed by atoms with van der Waals surface area (Å²) in [5.41, 5.74) is 8.41. The highest BCUT2D eigenvalue weighted by Crippen LogP contribution is 1.65. The molecule has 0 rings (SSSR count). The van der Waals surface area contributed by atoms with Gasteiger partial charge in [0.05, 0.1) is 0 Å². The molecule has 0 heterocycles. The second-order valence-corrected chi connectivity index (χ2v) is 1.64. The van der Waals surface area contributed by atoms with E-state index in [1.807, 2.05) is 0 Å². The second-order valence-electron chi connectivity index (χ2n) is 1.64. The molecular formula is C4H12ClN3O. The molecule has 56 valence electrons. The summed E-state index contributed by atoms with van der Waals surface area (Å²) in [6.45, 7) is 1.73. The highest BCUT2D eigenvalue weighted by molar-refractivity contribution is 5.79. The maximum Gasteiger partial charge on any atom is 0.291 e. The Labute approximate surface area is 60.6 Å². The zero-order valence-corrected chi connectivity index (χ0v) is 6.33. The van der Waals surface area contributed by atoms with Crippen LogP contribution in [0.2, 0.25) is 0 Å². The normalized spacial score (nSPS) is 11.4. The molecule has 5 N–H and O–H groups in total. The molecule has 4 nitrogen and oxygen atoms in total. The maximum absolute atomic E-state index is 10.5. The van der Waals surface area contributed by atoms with Gasteiger partial charge in [0.1, 0.15) is 0 Å². The molecule has 0 radical (unpaired) electrons. The Morgan fingerprint density at radius 1 is 1.67 bits per heavy atom. The molecular weight excluding hydrogens is 142 g/mol. The quantitative estimate of drug-likeness (QED) is 0.348. The summed E-state index contributed by atoms with van der Waals surface area (Å²) >= 11 is 0. The fourth-order valence-electron chi connectivity index (χ4n) is 0.246. The van der Waals surface area contributed by atoms with Crippen LogP contribution in [-0.2, 0) is 4.79 Å². The van der Waals surface area contributed by atoms with E-state index in [0.29, 0.717) is 0 Å². The lowest BCUT2D eigenvalue weighted by Crippen LogP contribution is -3.00. The van der Waals surface area contributed by atoms with Crippen molar-refractivity contribution in [1.29, 1.82) is 0 Å². The first-order valence-electron chi connectivity index (χ1n) is 2.48. The number of hydrazine groups is 1. The maximum atomic E-state index is 10.5. The summed E-state index contributed by atoms with van der Waals surface area (Å²) in [7, 11) is 1.64. The van der Waals surface area contributed by atoms with Gasteiger partial charge in [-0.1, -0.05) is 0 Å². The molecule has 0 aromatic rings. The average Bonchev–Trinajstić information content (AvgIpc) is 1.67. The molecule has 1 amide bonds. The van der Waals surface area contributed by atoms with E-state index in [0.717, 1.165) is 0 Å². The number of carbonyl (C=O) groups is 1. The standard InChI is InChI=1S/C4H11N3O.ClH/c1-3(5)4(8)7-6-2;/h3,6H,5H2,1-2H3,(H,7,8);1H/t3-;/m0./s1. The topological polar surface area (TPSA) is 68.8 Å². The van der Waals surface area contributed by atoms with E-state index in [9.17, 15) is 4.79 Å². The van der Waals surface area contributed by atoms with E-state index < -0.39 is 0 Å². The molecule has 0 saturated heterocycles. The zero-order valence-electron chi connectivity index (χ0n) is 5.57. The minimum atomic E-state index is -0.192. The fourth-order valence-corrected chi connectivity index (χ4v) is 0.246. The van der Waals surface area contributed by atoms with E-state index >= 15 is 0 Å². The van der Waals surface area contributed by atoms with Crippen molar-refractivity contribution in [2.45, 2.75) is 13.0 Å². The largest absolute Gasteiger partial charge is 1.00 e. The van der Waals surface area contributed by atoms with Crippen molar-refractivity contribution in [3.8, 4) is 0 Å². The van der Waals surface area contributed by atoms with Crippen LogP contribution >= 0.6 is 0 Å². The number of quaternary nitrogens is 1. The summed E-state index contributed by atoms with van der Waals surface area (Å²) < 4.78 is 0. The van der Waals surface area contributed by atoms with Crippen LogP contribution in [0, 0.1) is 0 Å². The van der Waals surface area contributed by atoms with Crippen LogP contribution in [0.1, 0.15) is 6.92 Å². The minimum Gasteiger partial charge on any atom is -1.00 e. The van der Waals surface area contributed by atoms with Crippen LogP contribution in [0.5, 0.6) is 0 Å². The third-order valence-corrected chi connectivity index (χ3v) is 0.696. The lowest BCUT2D eigenvalue weighted by molar-refractivity contribution is -0.398. The van der Waals surface area contributed by atoms with E-state index in [1.54, 1.807) is 14.0 Å². The number of hydrogen-bond acceptors (Lipinski definition) is 2. The Kier molecular flexibility index (Phi) is 7.41. The third-order valence-electron chi connectivity index (χ3n) is 0.696. The van der Waals surface area contributed by atoms with Crippen molar-refractivity contribution < 1.29 is 22.9 Å². The van der Waals surface area contributed by atoms with Crippen LogP contribution in [0.15, 0.2) is 0 Å². The van der Waals surface area contributed by atoms with E-state index in [1.165, 1.54) is 0 Å². The number of hydrogen-bond donors (Lipinski definition) is 3. The lowest BCUT2D eigenvalue weighted by atomic mass is 10.4. The van der Waals surface area contributed by atoms with Crippen LogP contribution in [0.3, 0.4) is 0 Å². The first-order chi connectivity index (χ1) is 3.68. The molecule has 0 bridgehead atoms. The van der Waals surface area contributed by atoms with Crippen LogP contribution in [0.25, 0.3) is 0 Å². The molecule has 0 aliphatic rings. The molecule has 0 aliphatic heterocycles. The first-order valence-corrected chi connectivity index (χ1v) is 2.48. The summed E-state index contributed by atoms with van der Waals surface area (Å²) in [5.74, 6) is -0.0903. The Morgan fingerprint density at radius 3 is 2.22 bits per heavy atom. The Bertz CT molecular complexity index is 85.9. The smallest absolute Gasteiger partial charge is 0.291 e. The monoisotopic (exact) mass is 153 g/mol. The van der Waals surface area contributed by atoms with Gasteiger partial charge >= 0.3 is 0 Å². The van der Waals surface area contributed by atoms with Gasteiger partial charge in [-0.15, -0.1) is 0 Å². The van der Waals surface area contributed by atoms with Crippen molar-refractivity contribution >= 4 is 5.91 Å². The lowest BCUT2D eigenvalue weighted by Gasteiger charge is -2.01. The number of halogens is 1. The van der Waals surface area contributed by atoms with Gasteiger partial charge in [0.2, 0.25) is 0 Å². The summed E-state index contributed by atoms with van der Waals surface area (Å²) in [5, 5.41) is 0. The van der Waals surface area contributed by atoms with Gasteiger partial charge in [-0.05, 0) is 6.92 Å². The van der Waals surface area contributed by atoms with Crippen molar-refractivity contribution in [2.75, 3.05) is 7.05 Å². The molecule has 0 aromatic heterocycles. The number of carbonyl (C=O) groups excluding carboxylic acids is 1.